The highest BCUT2D eigenvalue weighted by molar-refractivity contribution is 7.55. The first-order valence-electron chi connectivity index (χ1n) is 4.85. The summed E-state index contributed by atoms with van der Waals surface area (Å²) in [6, 6.07) is 2.00. The Morgan fingerprint density at radius 3 is 1.93 bits per heavy atom. The van der Waals surface area contributed by atoms with Crippen molar-refractivity contribution in [2.75, 3.05) is 27.3 Å². The van der Waals surface area contributed by atoms with Crippen LogP contribution in [0.3, 0.4) is 0 Å². The fraction of sp³-hybridized carbons (Fsp3) is 0.889. The smallest absolute Gasteiger partial charge is 0.307 e. The molecule has 0 aromatic heterocycles. The normalized spacial score (nSPS) is 16.1. The van der Waals surface area contributed by atoms with E-state index in [0.717, 1.165) is 0 Å². The minimum atomic E-state index is -3.43. The number of nitrogens with zero attached hydrogens (tertiary/aromatic N) is 2. The van der Waals surface area contributed by atoms with Crippen molar-refractivity contribution in [2.24, 2.45) is 0 Å². The van der Waals surface area contributed by atoms with Crippen LogP contribution in [0.2, 0.25) is 0 Å². The molecule has 1 unspecified atom stereocenters. The molecule has 0 N–H and O–H groups in total. The molecule has 0 bridgehead atoms. The van der Waals surface area contributed by atoms with Crippen molar-refractivity contribution in [3.8, 4) is 6.07 Å². The maximum atomic E-state index is 12.4. The van der Waals surface area contributed by atoms with E-state index in [1.54, 1.807) is 39.8 Å². The average molecular weight is 234 g/mol. The summed E-state index contributed by atoms with van der Waals surface area (Å²) in [5, 5.41) is 7.87. The first-order valence-corrected chi connectivity index (χ1v) is 6.40. The van der Waals surface area contributed by atoms with E-state index >= 15 is 0 Å². The fourth-order valence-corrected chi connectivity index (χ4v) is 2.90. The third-order valence-electron chi connectivity index (χ3n) is 2.21. The van der Waals surface area contributed by atoms with E-state index in [9.17, 15) is 4.57 Å². The zero-order valence-electron chi connectivity index (χ0n) is 9.98. The van der Waals surface area contributed by atoms with Gasteiger partial charge in [-0.15, -0.1) is 0 Å². The highest BCUT2D eigenvalue weighted by atomic mass is 31.2. The van der Waals surface area contributed by atoms with Gasteiger partial charge < -0.3 is 9.05 Å². The van der Waals surface area contributed by atoms with Crippen LogP contribution in [-0.2, 0) is 13.6 Å². The van der Waals surface area contributed by atoms with Gasteiger partial charge in [0.2, 0.25) is 5.28 Å². The molecule has 0 amide bonds. The predicted octanol–water partition coefficient (Wildman–Crippen LogP) is 2.05. The molecule has 0 rings (SSSR count). The Bertz CT molecular complexity index is 278. The topological polar surface area (TPSA) is 62.6 Å². The monoisotopic (exact) mass is 234 g/mol. The van der Waals surface area contributed by atoms with Gasteiger partial charge in [0, 0.05) is 0 Å². The second kappa shape index (κ2) is 5.62. The first-order chi connectivity index (χ1) is 6.88. The van der Waals surface area contributed by atoms with Crippen molar-refractivity contribution in [2.45, 2.75) is 26.1 Å². The average Bonchev–Trinajstić information content (AvgIpc) is 2.16. The van der Waals surface area contributed by atoms with E-state index < -0.39 is 12.9 Å². The molecule has 0 aliphatic rings. The highest BCUT2D eigenvalue weighted by Gasteiger charge is 2.49. The molecule has 0 aliphatic heterocycles. The van der Waals surface area contributed by atoms with Crippen LogP contribution in [0.5, 0.6) is 0 Å². The van der Waals surface area contributed by atoms with Gasteiger partial charge in [-0.1, -0.05) is 0 Å². The summed E-state index contributed by atoms with van der Waals surface area (Å²) in [5.74, 6) is 0. The summed E-state index contributed by atoms with van der Waals surface area (Å²) in [7, 11) is -0.0836. The Kier molecular flexibility index (Phi) is 5.47. The molecule has 0 heterocycles. The lowest BCUT2D eigenvalue weighted by atomic mass is 10.3. The second-order valence-corrected chi connectivity index (χ2v) is 5.74. The minimum absolute atomic E-state index is 0.252. The van der Waals surface area contributed by atoms with E-state index in [2.05, 4.69) is 0 Å². The molecule has 0 saturated carbocycles. The van der Waals surface area contributed by atoms with Gasteiger partial charge in [-0.2, -0.15) is 5.26 Å². The maximum Gasteiger partial charge on any atom is 0.364 e. The molecule has 6 heteroatoms. The van der Waals surface area contributed by atoms with Gasteiger partial charge in [0.15, 0.2) is 0 Å². The second-order valence-electron chi connectivity index (χ2n) is 3.36. The van der Waals surface area contributed by atoms with Crippen molar-refractivity contribution >= 4 is 7.60 Å². The zero-order valence-corrected chi connectivity index (χ0v) is 10.9. The van der Waals surface area contributed by atoms with Gasteiger partial charge in [0.05, 0.1) is 19.3 Å². The number of hydrogen-bond donors (Lipinski definition) is 0. The van der Waals surface area contributed by atoms with Crippen molar-refractivity contribution in [1.29, 1.82) is 5.26 Å². The standard InChI is InChI=1S/C9H19N2O3P/c1-6-13-15(12,14-7-2)9(3,8-10)11(4)5/h6-7H2,1-5H3. The zero-order chi connectivity index (χ0) is 12.1. The molecular weight excluding hydrogens is 215 g/mol. The Balaban J connectivity index is 5.22. The van der Waals surface area contributed by atoms with Crippen LogP contribution in [0, 0.1) is 11.3 Å². The third-order valence-corrected chi connectivity index (χ3v) is 4.98. The van der Waals surface area contributed by atoms with Gasteiger partial charge >= 0.3 is 7.60 Å². The van der Waals surface area contributed by atoms with Crippen LogP contribution >= 0.6 is 7.60 Å². The molecular formula is C9H19N2O3P. The summed E-state index contributed by atoms with van der Waals surface area (Å²) in [6.45, 7) is 5.50. The number of rotatable bonds is 6. The largest absolute Gasteiger partial charge is 0.364 e. The molecule has 0 saturated heterocycles. The quantitative estimate of drug-likeness (QED) is 0.658. The van der Waals surface area contributed by atoms with Gasteiger partial charge in [0.25, 0.3) is 0 Å². The van der Waals surface area contributed by atoms with Gasteiger partial charge in [-0.3, -0.25) is 9.46 Å². The Labute approximate surface area is 91.5 Å². The molecule has 5 nitrogen and oxygen atoms in total. The third kappa shape index (κ3) is 2.79. The van der Waals surface area contributed by atoms with Crippen LogP contribution < -0.4 is 0 Å². The van der Waals surface area contributed by atoms with E-state index in [-0.39, 0.29) is 13.2 Å². The highest BCUT2D eigenvalue weighted by Crippen LogP contribution is 2.60. The molecule has 0 aromatic carbocycles. The molecule has 0 fully saturated rings. The Morgan fingerprint density at radius 2 is 1.73 bits per heavy atom. The van der Waals surface area contributed by atoms with Crippen molar-refractivity contribution < 1.29 is 13.6 Å². The predicted molar refractivity (Wildman–Crippen MR) is 58.6 cm³/mol. The minimum Gasteiger partial charge on any atom is -0.307 e. The van der Waals surface area contributed by atoms with Crippen molar-refractivity contribution in [3.63, 3.8) is 0 Å². The molecule has 15 heavy (non-hydrogen) atoms. The Hall–Kier alpha value is -0.400. The summed E-state index contributed by atoms with van der Waals surface area (Å²) in [6.07, 6.45) is 0. The van der Waals surface area contributed by atoms with E-state index in [1.807, 2.05) is 6.07 Å². The van der Waals surface area contributed by atoms with E-state index in [1.165, 1.54) is 0 Å². The van der Waals surface area contributed by atoms with E-state index in [4.69, 9.17) is 14.3 Å². The first kappa shape index (κ1) is 14.6. The molecule has 0 spiro atoms. The summed E-state index contributed by atoms with van der Waals surface area (Å²) in [5.41, 5.74) is 0. The molecule has 0 aliphatic carbocycles. The van der Waals surface area contributed by atoms with Crippen molar-refractivity contribution in [3.05, 3.63) is 0 Å². The van der Waals surface area contributed by atoms with Crippen LogP contribution in [0.1, 0.15) is 20.8 Å². The maximum absolute atomic E-state index is 12.4. The lowest BCUT2D eigenvalue weighted by Crippen LogP contribution is -2.40. The lowest BCUT2D eigenvalue weighted by Gasteiger charge is -2.34. The van der Waals surface area contributed by atoms with Gasteiger partial charge in [0.1, 0.15) is 0 Å². The SMILES string of the molecule is CCOP(=O)(OCC)C(C)(C#N)N(C)C. The number of hydrogen-bond acceptors (Lipinski definition) is 5. The molecule has 0 radical (unpaired) electrons. The lowest BCUT2D eigenvalue weighted by molar-refractivity contribution is 0.170. The summed E-state index contributed by atoms with van der Waals surface area (Å²) >= 11 is 0. The molecule has 88 valence electrons. The van der Waals surface area contributed by atoms with Crippen LogP contribution in [0.25, 0.3) is 0 Å². The van der Waals surface area contributed by atoms with Gasteiger partial charge in [-0.25, -0.2) is 0 Å². The molecule has 0 aromatic rings. The van der Waals surface area contributed by atoms with Crippen LogP contribution in [0.4, 0.5) is 0 Å². The summed E-state index contributed by atoms with van der Waals surface area (Å²) in [4.78, 5) is 1.55. The number of nitriles is 1. The van der Waals surface area contributed by atoms with Crippen LogP contribution in [0.15, 0.2) is 0 Å². The molecule has 1 atom stereocenters. The Morgan fingerprint density at radius 1 is 1.33 bits per heavy atom. The fourth-order valence-electron chi connectivity index (χ4n) is 1.03. The van der Waals surface area contributed by atoms with Crippen molar-refractivity contribution in [1.82, 2.24) is 4.90 Å². The van der Waals surface area contributed by atoms with E-state index in [0.29, 0.717) is 0 Å². The summed E-state index contributed by atoms with van der Waals surface area (Å²) < 4.78 is 22.7. The van der Waals surface area contributed by atoms with Gasteiger partial charge in [-0.05, 0) is 34.9 Å². The van der Waals surface area contributed by atoms with Crippen LogP contribution in [-0.4, -0.2) is 37.5 Å².